The van der Waals surface area contributed by atoms with Crippen LogP contribution < -0.4 is 10.1 Å². The highest BCUT2D eigenvalue weighted by molar-refractivity contribution is 5.35. The third-order valence-electron chi connectivity index (χ3n) is 3.95. The molecule has 0 saturated carbocycles. The van der Waals surface area contributed by atoms with Gasteiger partial charge in [0.15, 0.2) is 0 Å². The summed E-state index contributed by atoms with van der Waals surface area (Å²) in [6.45, 7) is -2.42. The maximum absolute atomic E-state index is 12.6. The molecule has 0 aliphatic carbocycles. The fourth-order valence-corrected chi connectivity index (χ4v) is 2.79. The second-order valence-corrected chi connectivity index (χ2v) is 5.62. The molecule has 0 bridgehead atoms. The minimum atomic E-state index is -2.83. The van der Waals surface area contributed by atoms with Crippen molar-refractivity contribution in [3.63, 3.8) is 0 Å². The summed E-state index contributed by atoms with van der Waals surface area (Å²) in [5, 5.41) is 3.46. The van der Waals surface area contributed by atoms with Gasteiger partial charge in [-0.2, -0.15) is 8.78 Å². The van der Waals surface area contributed by atoms with Crippen LogP contribution in [0.1, 0.15) is 22.7 Å². The molecule has 0 aliphatic rings. The summed E-state index contributed by atoms with van der Waals surface area (Å²) in [6.07, 6.45) is 0. The number of nitrogens with one attached hydrogen (secondary N) is 1. The molecule has 25 heavy (non-hydrogen) atoms. The van der Waals surface area contributed by atoms with Gasteiger partial charge in [-0.05, 0) is 17.2 Å². The van der Waals surface area contributed by atoms with Crippen LogP contribution in [-0.4, -0.2) is 6.61 Å². The van der Waals surface area contributed by atoms with Crippen LogP contribution in [0, 0.1) is 0 Å². The molecule has 128 valence electrons. The fraction of sp³-hybridized carbons (Fsp3) is 0.143. The number of hydrogen-bond acceptors (Lipinski definition) is 2. The van der Waals surface area contributed by atoms with Crippen molar-refractivity contribution in [2.45, 2.75) is 19.2 Å². The van der Waals surface area contributed by atoms with Crippen molar-refractivity contribution in [1.29, 1.82) is 0 Å². The second-order valence-electron chi connectivity index (χ2n) is 5.62. The normalized spacial score (nSPS) is 11.0. The minimum absolute atomic E-state index is 0.0398. The maximum atomic E-state index is 12.6. The highest BCUT2D eigenvalue weighted by Crippen LogP contribution is 2.25. The third kappa shape index (κ3) is 4.64. The van der Waals surface area contributed by atoms with Crippen LogP contribution in [0.5, 0.6) is 5.75 Å². The zero-order valence-corrected chi connectivity index (χ0v) is 13.6. The van der Waals surface area contributed by atoms with Gasteiger partial charge in [-0.15, -0.1) is 0 Å². The van der Waals surface area contributed by atoms with Crippen LogP contribution in [0.2, 0.25) is 0 Å². The quantitative estimate of drug-likeness (QED) is 0.641. The van der Waals surface area contributed by atoms with E-state index < -0.39 is 6.61 Å². The first-order valence-electron chi connectivity index (χ1n) is 8.10. The lowest BCUT2D eigenvalue weighted by Gasteiger charge is -2.21. The maximum Gasteiger partial charge on any atom is 0.387 e. The molecule has 1 N–H and O–H groups in total. The van der Waals surface area contributed by atoms with Crippen molar-refractivity contribution in [3.8, 4) is 5.75 Å². The highest BCUT2D eigenvalue weighted by Gasteiger charge is 2.15. The second kappa shape index (κ2) is 8.40. The van der Waals surface area contributed by atoms with Crippen LogP contribution in [0.25, 0.3) is 0 Å². The number of benzene rings is 3. The Hall–Kier alpha value is -2.72. The summed E-state index contributed by atoms with van der Waals surface area (Å²) in [4.78, 5) is 0. The van der Waals surface area contributed by atoms with Gasteiger partial charge in [0.2, 0.25) is 0 Å². The van der Waals surface area contributed by atoms with Gasteiger partial charge in [-0.25, -0.2) is 0 Å². The zero-order chi connectivity index (χ0) is 17.5. The molecule has 3 aromatic carbocycles. The Morgan fingerprint density at radius 2 is 1.24 bits per heavy atom. The third-order valence-corrected chi connectivity index (χ3v) is 3.95. The molecule has 4 heteroatoms. The first kappa shape index (κ1) is 17.1. The van der Waals surface area contributed by atoms with Gasteiger partial charge < -0.3 is 10.1 Å². The zero-order valence-electron chi connectivity index (χ0n) is 13.6. The monoisotopic (exact) mass is 339 g/mol. The van der Waals surface area contributed by atoms with Crippen molar-refractivity contribution in [1.82, 2.24) is 5.32 Å². The Labute approximate surface area is 146 Å². The molecule has 0 atom stereocenters. The molecule has 0 radical (unpaired) electrons. The SMILES string of the molecule is FC(F)Oc1ccccc1CNC(c1ccccc1)c1ccccc1. The first-order chi connectivity index (χ1) is 12.2. The molecule has 0 spiro atoms. The van der Waals surface area contributed by atoms with Crippen molar-refractivity contribution in [2.75, 3.05) is 0 Å². The molecule has 0 heterocycles. The van der Waals surface area contributed by atoms with E-state index in [0.717, 1.165) is 11.1 Å². The topological polar surface area (TPSA) is 21.3 Å². The lowest BCUT2D eigenvalue weighted by Crippen LogP contribution is -2.22. The first-order valence-corrected chi connectivity index (χ1v) is 8.10. The summed E-state index contributed by atoms with van der Waals surface area (Å²) in [7, 11) is 0. The lowest BCUT2D eigenvalue weighted by atomic mass is 9.98. The van der Waals surface area contributed by atoms with Crippen LogP contribution in [-0.2, 0) is 6.54 Å². The molecular formula is C21H19F2NO. The van der Waals surface area contributed by atoms with E-state index in [0.29, 0.717) is 12.1 Å². The van der Waals surface area contributed by atoms with E-state index in [1.54, 1.807) is 18.2 Å². The van der Waals surface area contributed by atoms with Gasteiger partial charge >= 0.3 is 6.61 Å². The van der Waals surface area contributed by atoms with E-state index in [9.17, 15) is 8.78 Å². The van der Waals surface area contributed by atoms with Crippen molar-refractivity contribution in [2.24, 2.45) is 0 Å². The van der Waals surface area contributed by atoms with E-state index >= 15 is 0 Å². The Bertz CT molecular complexity index is 739. The van der Waals surface area contributed by atoms with Crippen molar-refractivity contribution >= 4 is 0 Å². The average molecular weight is 339 g/mol. The predicted octanol–water partition coefficient (Wildman–Crippen LogP) is 5.17. The number of para-hydroxylation sites is 1. The van der Waals surface area contributed by atoms with Gasteiger partial charge in [0.25, 0.3) is 0 Å². The van der Waals surface area contributed by atoms with Gasteiger partial charge in [0.1, 0.15) is 5.75 Å². The molecule has 0 aliphatic heterocycles. The largest absolute Gasteiger partial charge is 0.434 e. The number of rotatable bonds is 7. The molecule has 3 rings (SSSR count). The van der Waals surface area contributed by atoms with Gasteiger partial charge in [-0.1, -0.05) is 78.9 Å². The van der Waals surface area contributed by atoms with E-state index in [-0.39, 0.29) is 11.8 Å². The molecule has 0 unspecified atom stereocenters. The number of halogens is 2. The molecule has 0 fully saturated rings. The summed E-state index contributed by atoms with van der Waals surface area (Å²) in [5.41, 5.74) is 2.92. The van der Waals surface area contributed by atoms with Crippen molar-refractivity contribution in [3.05, 3.63) is 102 Å². The van der Waals surface area contributed by atoms with Crippen LogP contribution in [0.4, 0.5) is 8.78 Å². The van der Waals surface area contributed by atoms with Crippen molar-refractivity contribution < 1.29 is 13.5 Å². The molecule has 0 saturated heterocycles. The highest BCUT2D eigenvalue weighted by atomic mass is 19.3. The van der Waals surface area contributed by atoms with E-state index in [2.05, 4.69) is 10.1 Å². The average Bonchev–Trinajstić information content (AvgIpc) is 2.64. The van der Waals surface area contributed by atoms with Crippen LogP contribution in [0.15, 0.2) is 84.9 Å². The standard InChI is InChI=1S/C21H19F2NO/c22-21(23)25-19-14-8-7-13-18(19)15-24-20(16-9-3-1-4-10-16)17-11-5-2-6-12-17/h1-14,20-21,24H,15H2. The Morgan fingerprint density at radius 1 is 0.720 bits per heavy atom. The van der Waals surface area contributed by atoms with Gasteiger partial charge in [-0.3, -0.25) is 0 Å². The molecule has 2 nitrogen and oxygen atoms in total. The number of alkyl halides is 2. The van der Waals surface area contributed by atoms with Gasteiger partial charge in [0.05, 0.1) is 6.04 Å². The van der Waals surface area contributed by atoms with E-state index in [1.165, 1.54) is 0 Å². The van der Waals surface area contributed by atoms with E-state index in [4.69, 9.17) is 0 Å². The predicted molar refractivity (Wildman–Crippen MR) is 94.6 cm³/mol. The molecule has 0 aromatic heterocycles. The Balaban J connectivity index is 1.83. The Morgan fingerprint density at radius 3 is 1.80 bits per heavy atom. The number of ether oxygens (including phenoxy) is 1. The van der Waals surface area contributed by atoms with Crippen LogP contribution in [0.3, 0.4) is 0 Å². The summed E-state index contributed by atoms with van der Waals surface area (Å²) in [6, 6.07) is 26.9. The molecule has 0 amide bonds. The molecule has 3 aromatic rings. The van der Waals surface area contributed by atoms with Gasteiger partial charge in [0, 0.05) is 12.1 Å². The number of hydrogen-bond donors (Lipinski definition) is 1. The fourth-order valence-electron chi connectivity index (χ4n) is 2.79. The summed E-state index contributed by atoms with van der Waals surface area (Å²) >= 11 is 0. The van der Waals surface area contributed by atoms with Crippen LogP contribution >= 0.6 is 0 Å². The lowest BCUT2D eigenvalue weighted by molar-refractivity contribution is -0.0505. The summed E-state index contributed by atoms with van der Waals surface area (Å²) < 4.78 is 29.8. The summed E-state index contributed by atoms with van der Waals surface area (Å²) in [5.74, 6) is 0.199. The Kier molecular flexibility index (Phi) is 5.75. The molecular weight excluding hydrogens is 320 g/mol. The van der Waals surface area contributed by atoms with E-state index in [1.807, 2.05) is 66.7 Å². The smallest absolute Gasteiger partial charge is 0.387 e. The minimum Gasteiger partial charge on any atom is -0.434 e.